The van der Waals surface area contributed by atoms with Gasteiger partial charge in [0.2, 0.25) is 0 Å². The van der Waals surface area contributed by atoms with Gasteiger partial charge in [-0.2, -0.15) is 0 Å². The maximum Gasteiger partial charge on any atom is 0.161 e. The van der Waals surface area contributed by atoms with Gasteiger partial charge >= 0.3 is 0 Å². The molecule has 22 heavy (non-hydrogen) atoms. The minimum atomic E-state index is -0.164. The van der Waals surface area contributed by atoms with E-state index in [-0.39, 0.29) is 17.4 Å². The van der Waals surface area contributed by atoms with Gasteiger partial charge in [0.1, 0.15) is 5.75 Å². The van der Waals surface area contributed by atoms with Crippen LogP contribution in [0.3, 0.4) is 0 Å². The molecule has 1 heterocycles. The van der Waals surface area contributed by atoms with E-state index < -0.39 is 0 Å². The minimum Gasteiger partial charge on any atom is -0.504 e. The number of methoxy groups -OCH3 is 2. The van der Waals surface area contributed by atoms with Crippen molar-refractivity contribution in [2.24, 2.45) is 0 Å². The summed E-state index contributed by atoms with van der Waals surface area (Å²) in [6.07, 6.45) is 0.721. The average Bonchev–Trinajstić information content (AvgIpc) is 2.55. The van der Waals surface area contributed by atoms with Crippen molar-refractivity contribution in [1.29, 1.82) is 0 Å². The van der Waals surface area contributed by atoms with Gasteiger partial charge in [-0.05, 0) is 35.7 Å². The quantitative estimate of drug-likeness (QED) is 0.853. The fourth-order valence-electron chi connectivity index (χ4n) is 2.73. The first kappa shape index (κ1) is 14.4. The van der Waals surface area contributed by atoms with E-state index in [9.17, 15) is 10.2 Å². The van der Waals surface area contributed by atoms with E-state index in [1.807, 2.05) is 18.2 Å². The highest BCUT2D eigenvalue weighted by atomic mass is 16.5. The highest BCUT2D eigenvalue weighted by Gasteiger charge is 2.24. The molecule has 0 unspecified atom stereocenters. The van der Waals surface area contributed by atoms with Crippen LogP contribution < -0.4 is 14.2 Å². The molecular weight excluding hydrogens is 284 g/mol. The molecule has 0 fully saturated rings. The molecule has 3 rings (SSSR count). The monoisotopic (exact) mass is 302 g/mol. The summed E-state index contributed by atoms with van der Waals surface area (Å²) in [5, 5.41) is 19.2. The summed E-state index contributed by atoms with van der Waals surface area (Å²) in [6.45, 7) is 0.507. The molecule has 1 atom stereocenters. The van der Waals surface area contributed by atoms with Gasteiger partial charge in [-0.25, -0.2) is 0 Å². The second-order valence-electron chi connectivity index (χ2n) is 5.28. The maximum absolute atomic E-state index is 9.64. The largest absolute Gasteiger partial charge is 0.504 e. The van der Waals surface area contributed by atoms with Crippen molar-refractivity contribution in [2.75, 3.05) is 20.8 Å². The molecule has 0 aliphatic carbocycles. The Labute approximate surface area is 128 Å². The van der Waals surface area contributed by atoms with E-state index in [1.165, 1.54) is 6.07 Å². The second-order valence-corrected chi connectivity index (χ2v) is 5.28. The number of benzene rings is 2. The molecule has 5 nitrogen and oxygen atoms in total. The fourth-order valence-corrected chi connectivity index (χ4v) is 2.73. The summed E-state index contributed by atoms with van der Waals surface area (Å²) in [6, 6.07) is 8.81. The van der Waals surface area contributed by atoms with Crippen LogP contribution in [0.2, 0.25) is 0 Å². The van der Waals surface area contributed by atoms with E-state index >= 15 is 0 Å². The number of aromatic hydroxyl groups is 2. The van der Waals surface area contributed by atoms with Gasteiger partial charge in [0.15, 0.2) is 23.0 Å². The van der Waals surface area contributed by atoms with Crippen molar-refractivity contribution >= 4 is 0 Å². The van der Waals surface area contributed by atoms with Gasteiger partial charge in [-0.15, -0.1) is 0 Å². The van der Waals surface area contributed by atoms with Crippen molar-refractivity contribution in [3.05, 3.63) is 41.5 Å². The van der Waals surface area contributed by atoms with Crippen LogP contribution in [0.25, 0.3) is 0 Å². The molecule has 0 saturated carbocycles. The molecule has 0 bridgehead atoms. The molecule has 2 N–H and O–H groups in total. The van der Waals surface area contributed by atoms with Gasteiger partial charge in [0, 0.05) is 12.0 Å². The molecule has 116 valence electrons. The van der Waals surface area contributed by atoms with E-state index in [0.29, 0.717) is 23.9 Å². The summed E-state index contributed by atoms with van der Waals surface area (Å²) in [5.41, 5.74) is 1.96. The smallest absolute Gasteiger partial charge is 0.161 e. The Kier molecular flexibility index (Phi) is 3.71. The minimum absolute atomic E-state index is 0.129. The lowest BCUT2D eigenvalue weighted by Crippen LogP contribution is -2.19. The SMILES string of the molecule is COc1ccc([C@@H]2COc3cc(O)c(O)cc3C2)cc1OC. The number of phenolic OH excluding ortho intramolecular Hbond substituents is 2. The zero-order valence-corrected chi connectivity index (χ0v) is 12.5. The van der Waals surface area contributed by atoms with Crippen LogP contribution in [0.4, 0.5) is 0 Å². The van der Waals surface area contributed by atoms with E-state index in [1.54, 1.807) is 20.3 Å². The Morgan fingerprint density at radius 2 is 1.73 bits per heavy atom. The molecule has 0 radical (unpaired) electrons. The van der Waals surface area contributed by atoms with Crippen LogP contribution in [0.5, 0.6) is 28.7 Å². The molecular formula is C17H18O5. The number of phenols is 2. The summed E-state index contributed by atoms with van der Waals surface area (Å²) in [5.74, 6) is 1.84. The van der Waals surface area contributed by atoms with Crippen LogP contribution in [-0.2, 0) is 6.42 Å². The molecule has 2 aromatic carbocycles. The van der Waals surface area contributed by atoms with Crippen LogP contribution in [0, 0.1) is 0 Å². The van der Waals surface area contributed by atoms with Crippen LogP contribution in [-0.4, -0.2) is 31.0 Å². The molecule has 2 aromatic rings. The first-order chi connectivity index (χ1) is 10.6. The molecule has 1 aliphatic heterocycles. The third kappa shape index (κ3) is 2.50. The Bertz CT molecular complexity index is 696. The Balaban J connectivity index is 1.89. The van der Waals surface area contributed by atoms with Crippen LogP contribution in [0.1, 0.15) is 17.0 Å². The lowest BCUT2D eigenvalue weighted by atomic mass is 9.90. The van der Waals surface area contributed by atoms with Gasteiger partial charge in [0.25, 0.3) is 0 Å². The van der Waals surface area contributed by atoms with Crippen LogP contribution in [0.15, 0.2) is 30.3 Å². The summed E-state index contributed by atoms with van der Waals surface area (Å²) >= 11 is 0. The lowest BCUT2D eigenvalue weighted by molar-refractivity contribution is 0.259. The van der Waals surface area contributed by atoms with Crippen molar-refractivity contribution in [3.8, 4) is 28.7 Å². The summed E-state index contributed by atoms with van der Waals surface area (Å²) in [4.78, 5) is 0. The average molecular weight is 302 g/mol. The predicted molar refractivity (Wildman–Crippen MR) is 81.3 cm³/mol. The highest BCUT2D eigenvalue weighted by molar-refractivity contribution is 5.51. The third-order valence-electron chi connectivity index (χ3n) is 3.94. The first-order valence-electron chi connectivity index (χ1n) is 7.02. The Morgan fingerprint density at radius 1 is 1.00 bits per heavy atom. The fraction of sp³-hybridized carbons (Fsp3) is 0.294. The molecule has 1 aliphatic rings. The molecule has 0 spiro atoms. The van der Waals surface area contributed by atoms with Gasteiger partial charge < -0.3 is 24.4 Å². The van der Waals surface area contributed by atoms with Gasteiger partial charge in [0.05, 0.1) is 20.8 Å². The first-order valence-corrected chi connectivity index (χ1v) is 7.02. The van der Waals surface area contributed by atoms with Crippen molar-refractivity contribution in [3.63, 3.8) is 0 Å². The summed E-state index contributed by atoms with van der Waals surface area (Å²) < 4.78 is 16.3. The summed E-state index contributed by atoms with van der Waals surface area (Å²) in [7, 11) is 3.21. The molecule has 0 amide bonds. The van der Waals surface area contributed by atoms with E-state index in [0.717, 1.165) is 17.5 Å². The van der Waals surface area contributed by atoms with Crippen molar-refractivity contribution in [2.45, 2.75) is 12.3 Å². The number of hydrogen-bond donors (Lipinski definition) is 2. The van der Waals surface area contributed by atoms with E-state index in [2.05, 4.69) is 0 Å². The topological polar surface area (TPSA) is 68.2 Å². The lowest BCUT2D eigenvalue weighted by Gasteiger charge is -2.26. The van der Waals surface area contributed by atoms with E-state index in [4.69, 9.17) is 14.2 Å². The molecule has 0 saturated heterocycles. The van der Waals surface area contributed by atoms with Gasteiger partial charge in [-0.3, -0.25) is 0 Å². The zero-order chi connectivity index (χ0) is 15.7. The van der Waals surface area contributed by atoms with Gasteiger partial charge in [-0.1, -0.05) is 6.07 Å². The van der Waals surface area contributed by atoms with Crippen LogP contribution >= 0.6 is 0 Å². The number of rotatable bonds is 3. The third-order valence-corrected chi connectivity index (χ3v) is 3.94. The molecule has 5 heteroatoms. The number of fused-ring (bicyclic) bond motifs is 1. The Morgan fingerprint density at radius 3 is 2.45 bits per heavy atom. The predicted octanol–water partition coefficient (Wildman–Crippen LogP) is 2.83. The Hall–Kier alpha value is -2.56. The number of ether oxygens (including phenoxy) is 3. The normalized spacial score (nSPS) is 16.5. The zero-order valence-electron chi connectivity index (χ0n) is 12.5. The van der Waals surface area contributed by atoms with Crippen molar-refractivity contribution < 1.29 is 24.4 Å². The second kappa shape index (κ2) is 5.67. The number of hydrogen-bond acceptors (Lipinski definition) is 5. The maximum atomic E-state index is 9.64. The standard InChI is InChI=1S/C17H18O5/c1-20-15-4-3-10(7-17(15)21-2)12-5-11-6-13(18)14(19)8-16(11)22-9-12/h3-4,6-8,12,18-19H,5,9H2,1-2H3/t12-/m0/s1. The van der Waals surface area contributed by atoms with Crippen molar-refractivity contribution in [1.82, 2.24) is 0 Å². The highest BCUT2D eigenvalue weighted by Crippen LogP contribution is 2.40. The molecule has 0 aromatic heterocycles.